The molecular formula is C13H14BrN3O3. The van der Waals surface area contributed by atoms with E-state index in [2.05, 4.69) is 26.2 Å². The molecule has 106 valence electrons. The zero-order chi connectivity index (χ0) is 14.9. The number of carboxylic acid groups (broad SMARTS) is 1. The molecule has 2 aromatic rings. The first-order valence-electron chi connectivity index (χ1n) is 6.14. The molecule has 1 atom stereocenters. The molecule has 7 heteroatoms. The molecule has 2 N–H and O–H groups in total. The number of carbonyl (C=O) groups is 2. The van der Waals surface area contributed by atoms with E-state index in [1.165, 1.54) is 6.92 Å². The Morgan fingerprint density at radius 1 is 1.50 bits per heavy atom. The summed E-state index contributed by atoms with van der Waals surface area (Å²) in [6, 6.07) is 2.68. The summed E-state index contributed by atoms with van der Waals surface area (Å²) >= 11 is 3.35. The number of aryl methyl sites for hydroxylation is 1. The Kier molecular flexibility index (Phi) is 4.08. The minimum Gasteiger partial charge on any atom is -0.480 e. The van der Waals surface area contributed by atoms with E-state index in [0.717, 1.165) is 4.47 Å². The topological polar surface area (TPSA) is 83.7 Å². The van der Waals surface area contributed by atoms with E-state index in [0.29, 0.717) is 23.5 Å². The smallest absolute Gasteiger partial charge is 0.325 e. The molecule has 1 amide bonds. The number of halogens is 1. The van der Waals surface area contributed by atoms with Crippen molar-refractivity contribution in [3.63, 3.8) is 0 Å². The average Bonchev–Trinajstić information content (AvgIpc) is 2.75. The number of imidazole rings is 1. The van der Waals surface area contributed by atoms with Gasteiger partial charge in [0.1, 0.15) is 17.4 Å². The highest BCUT2D eigenvalue weighted by Gasteiger charge is 2.22. The monoisotopic (exact) mass is 339 g/mol. The van der Waals surface area contributed by atoms with Gasteiger partial charge in [0, 0.05) is 10.7 Å². The van der Waals surface area contributed by atoms with E-state index < -0.39 is 17.9 Å². The summed E-state index contributed by atoms with van der Waals surface area (Å²) in [5.74, 6) is -1.52. The number of fused-ring (bicyclic) bond motifs is 1. The van der Waals surface area contributed by atoms with Crippen LogP contribution in [-0.4, -0.2) is 32.4 Å². The van der Waals surface area contributed by atoms with Gasteiger partial charge in [-0.25, -0.2) is 4.98 Å². The van der Waals surface area contributed by atoms with E-state index in [1.54, 1.807) is 16.7 Å². The van der Waals surface area contributed by atoms with Gasteiger partial charge in [0.05, 0.1) is 5.69 Å². The van der Waals surface area contributed by atoms with E-state index >= 15 is 0 Å². The molecule has 0 aromatic carbocycles. The number of aromatic nitrogens is 2. The maximum atomic E-state index is 12.3. The SMILES string of the molecule is CCc1nc2ccc(Br)cn2c1C(=O)NC(C)C(=O)O. The van der Waals surface area contributed by atoms with Gasteiger partial charge in [0.15, 0.2) is 0 Å². The van der Waals surface area contributed by atoms with E-state index in [1.807, 2.05) is 13.0 Å². The van der Waals surface area contributed by atoms with Crippen LogP contribution in [0.2, 0.25) is 0 Å². The Bertz CT molecular complexity index is 681. The molecular weight excluding hydrogens is 326 g/mol. The number of carboxylic acids is 1. The summed E-state index contributed by atoms with van der Waals surface area (Å²) in [6.07, 6.45) is 2.32. The normalized spacial score (nSPS) is 12.3. The number of nitrogens with one attached hydrogen (secondary N) is 1. The Hall–Kier alpha value is -1.89. The number of hydrogen-bond donors (Lipinski definition) is 2. The van der Waals surface area contributed by atoms with E-state index in [-0.39, 0.29) is 0 Å². The number of carbonyl (C=O) groups excluding carboxylic acids is 1. The van der Waals surface area contributed by atoms with Crippen molar-refractivity contribution in [2.75, 3.05) is 0 Å². The van der Waals surface area contributed by atoms with Crippen LogP contribution in [0.25, 0.3) is 5.65 Å². The van der Waals surface area contributed by atoms with Crippen LogP contribution < -0.4 is 5.32 Å². The fraction of sp³-hybridized carbons (Fsp3) is 0.308. The minimum atomic E-state index is -1.08. The van der Waals surface area contributed by atoms with Crippen LogP contribution in [0, 0.1) is 0 Å². The molecule has 2 rings (SSSR count). The highest BCUT2D eigenvalue weighted by molar-refractivity contribution is 9.10. The first-order valence-corrected chi connectivity index (χ1v) is 6.93. The first-order chi connectivity index (χ1) is 9.43. The van der Waals surface area contributed by atoms with Crippen molar-refractivity contribution in [3.05, 3.63) is 34.2 Å². The predicted octanol–water partition coefficient (Wildman–Crippen LogP) is 1.86. The van der Waals surface area contributed by atoms with Gasteiger partial charge in [-0.3, -0.25) is 14.0 Å². The predicted molar refractivity (Wildman–Crippen MR) is 76.8 cm³/mol. The van der Waals surface area contributed by atoms with Crippen LogP contribution in [0.1, 0.15) is 30.0 Å². The lowest BCUT2D eigenvalue weighted by atomic mass is 10.2. The quantitative estimate of drug-likeness (QED) is 0.890. The Morgan fingerprint density at radius 3 is 2.80 bits per heavy atom. The third-order valence-corrected chi connectivity index (χ3v) is 3.39. The van der Waals surface area contributed by atoms with Crippen molar-refractivity contribution < 1.29 is 14.7 Å². The number of amides is 1. The molecule has 20 heavy (non-hydrogen) atoms. The second kappa shape index (κ2) is 5.62. The van der Waals surface area contributed by atoms with Gasteiger partial charge in [-0.1, -0.05) is 6.92 Å². The first kappa shape index (κ1) is 14.5. The fourth-order valence-corrected chi connectivity index (χ4v) is 2.22. The minimum absolute atomic E-state index is 0.372. The molecule has 0 bridgehead atoms. The summed E-state index contributed by atoms with van der Waals surface area (Å²) in [6.45, 7) is 3.32. The Morgan fingerprint density at radius 2 is 2.20 bits per heavy atom. The molecule has 0 aliphatic carbocycles. The molecule has 0 fully saturated rings. The lowest BCUT2D eigenvalue weighted by molar-refractivity contribution is -0.138. The number of rotatable bonds is 4. The van der Waals surface area contributed by atoms with Crippen molar-refractivity contribution in [2.24, 2.45) is 0 Å². The zero-order valence-electron chi connectivity index (χ0n) is 11.1. The van der Waals surface area contributed by atoms with Crippen molar-refractivity contribution in [1.29, 1.82) is 0 Å². The third kappa shape index (κ3) is 2.67. The molecule has 2 heterocycles. The summed E-state index contributed by atoms with van der Waals surface area (Å²) in [5, 5.41) is 11.3. The Balaban J connectivity index is 2.48. The second-order valence-electron chi connectivity index (χ2n) is 4.37. The lowest BCUT2D eigenvalue weighted by Gasteiger charge is -2.10. The molecule has 1 unspecified atom stereocenters. The summed E-state index contributed by atoms with van der Waals surface area (Å²) < 4.78 is 2.47. The Labute approximate surface area is 123 Å². The van der Waals surface area contributed by atoms with E-state index in [4.69, 9.17) is 5.11 Å². The van der Waals surface area contributed by atoms with Gasteiger partial charge in [-0.2, -0.15) is 0 Å². The number of aliphatic carboxylic acids is 1. The van der Waals surface area contributed by atoms with Crippen LogP contribution in [0.4, 0.5) is 0 Å². The summed E-state index contributed by atoms with van der Waals surface area (Å²) in [4.78, 5) is 27.5. The van der Waals surface area contributed by atoms with Crippen LogP contribution in [0.15, 0.2) is 22.8 Å². The summed E-state index contributed by atoms with van der Waals surface area (Å²) in [5.41, 5.74) is 1.66. The standard InChI is InChI=1S/C13H14BrN3O3/c1-3-9-11(12(18)15-7(2)13(19)20)17-6-8(14)4-5-10(17)16-9/h4-7H,3H2,1-2H3,(H,15,18)(H,19,20). The van der Waals surface area contributed by atoms with Gasteiger partial charge >= 0.3 is 5.97 Å². The number of nitrogens with zero attached hydrogens (tertiary/aromatic N) is 2. The number of pyridine rings is 1. The van der Waals surface area contributed by atoms with Crippen molar-refractivity contribution >= 4 is 33.5 Å². The molecule has 0 saturated heterocycles. The number of hydrogen-bond acceptors (Lipinski definition) is 3. The highest BCUT2D eigenvalue weighted by atomic mass is 79.9. The lowest BCUT2D eigenvalue weighted by Crippen LogP contribution is -2.39. The van der Waals surface area contributed by atoms with Gasteiger partial charge in [-0.15, -0.1) is 0 Å². The van der Waals surface area contributed by atoms with Crippen LogP contribution >= 0.6 is 15.9 Å². The fourth-order valence-electron chi connectivity index (χ4n) is 1.88. The second-order valence-corrected chi connectivity index (χ2v) is 5.29. The zero-order valence-corrected chi connectivity index (χ0v) is 12.6. The molecule has 6 nitrogen and oxygen atoms in total. The van der Waals surface area contributed by atoms with Gasteiger partial charge < -0.3 is 10.4 Å². The van der Waals surface area contributed by atoms with E-state index in [9.17, 15) is 9.59 Å². The average molecular weight is 340 g/mol. The highest BCUT2D eigenvalue weighted by Crippen LogP contribution is 2.17. The maximum Gasteiger partial charge on any atom is 0.325 e. The van der Waals surface area contributed by atoms with Crippen LogP contribution in [0.5, 0.6) is 0 Å². The molecule has 0 spiro atoms. The molecule has 0 aliphatic rings. The largest absolute Gasteiger partial charge is 0.480 e. The molecule has 2 aromatic heterocycles. The molecule has 0 aliphatic heterocycles. The van der Waals surface area contributed by atoms with Gasteiger partial charge in [0.2, 0.25) is 0 Å². The summed E-state index contributed by atoms with van der Waals surface area (Å²) in [7, 11) is 0. The van der Waals surface area contributed by atoms with Crippen molar-refractivity contribution in [2.45, 2.75) is 26.3 Å². The van der Waals surface area contributed by atoms with Crippen molar-refractivity contribution in [3.8, 4) is 0 Å². The van der Waals surface area contributed by atoms with Crippen molar-refractivity contribution in [1.82, 2.24) is 14.7 Å². The van der Waals surface area contributed by atoms with Crippen LogP contribution in [-0.2, 0) is 11.2 Å². The maximum absolute atomic E-state index is 12.3. The van der Waals surface area contributed by atoms with Crippen LogP contribution in [0.3, 0.4) is 0 Å². The third-order valence-electron chi connectivity index (χ3n) is 2.92. The molecule has 0 radical (unpaired) electrons. The van der Waals surface area contributed by atoms with Gasteiger partial charge in [-0.05, 0) is 41.4 Å². The molecule has 0 saturated carbocycles. The van der Waals surface area contributed by atoms with Gasteiger partial charge in [0.25, 0.3) is 5.91 Å².